The number of ether oxygens (including phenoxy) is 3. The number of allylic oxidation sites excluding steroid dienone is 2. The highest BCUT2D eigenvalue weighted by atomic mass is 16.5. The Morgan fingerprint density at radius 3 is 2.37 bits per heavy atom. The average Bonchev–Trinajstić information content (AvgIpc) is 3.20. The van der Waals surface area contributed by atoms with Crippen molar-refractivity contribution in [3.05, 3.63) is 88.5 Å². The Morgan fingerprint density at radius 2 is 1.69 bits per heavy atom. The summed E-state index contributed by atoms with van der Waals surface area (Å²) in [4.78, 5) is 12.9. The van der Waals surface area contributed by atoms with Gasteiger partial charge in [-0.3, -0.25) is 4.79 Å². The van der Waals surface area contributed by atoms with Crippen molar-refractivity contribution < 1.29 is 29.2 Å². The largest absolute Gasteiger partial charge is 0.504 e. The Hall–Kier alpha value is -4.19. The first-order valence-corrected chi connectivity index (χ1v) is 11.3. The van der Waals surface area contributed by atoms with Gasteiger partial charge in [-0.1, -0.05) is 37.3 Å². The average molecular weight is 473 g/mol. The number of hydrogen-bond donors (Lipinski definition) is 2. The summed E-state index contributed by atoms with van der Waals surface area (Å²) in [6, 6.07) is 13.9. The maximum absolute atomic E-state index is 12.9. The molecule has 0 fully saturated rings. The number of benzene rings is 3. The summed E-state index contributed by atoms with van der Waals surface area (Å²) in [5.74, 6) is 1.22. The molecule has 0 spiro atoms. The molecular formula is C29H28O6. The fourth-order valence-corrected chi connectivity index (χ4v) is 4.29. The number of methoxy groups -OCH3 is 2. The van der Waals surface area contributed by atoms with E-state index in [2.05, 4.69) is 13.0 Å². The molecule has 6 heteroatoms. The minimum Gasteiger partial charge on any atom is -0.504 e. The number of hydrogen-bond acceptors (Lipinski definition) is 6. The van der Waals surface area contributed by atoms with Crippen LogP contribution in [0, 0.1) is 0 Å². The van der Waals surface area contributed by atoms with Crippen molar-refractivity contribution in [2.75, 3.05) is 14.2 Å². The number of rotatable bonds is 7. The third-order valence-corrected chi connectivity index (χ3v) is 6.12. The summed E-state index contributed by atoms with van der Waals surface area (Å²) in [6.07, 6.45) is 6.73. The molecule has 0 bridgehead atoms. The first-order valence-electron chi connectivity index (χ1n) is 11.3. The van der Waals surface area contributed by atoms with Gasteiger partial charge in [0.1, 0.15) is 11.9 Å². The molecule has 2 unspecified atom stereocenters. The fraction of sp³-hybridized carbons (Fsp3) is 0.207. The summed E-state index contributed by atoms with van der Waals surface area (Å²) >= 11 is 0. The second-order valence-corrected chi connectivity index (χ2v) is 8.37. The van der Waals surface area contributed by atoms with E-state index < -0.39 is 0 Å². The van der Waals surface area contributed by atoms with Crippen molar-refractivity contribution in [2.24, 2.45) is 0 Å². The number of aromatic hydroxyl groups is 2. The number of phenols is 2. The molecule has 0 radical (unpaired) electrons. The summed E-state index contributed by atoms with van der Waals surface area (Å²) in [5.41, 5.74) is 4.00. The molecule has 0 aliphatic carbocycles. The Bertz CT molecular complexity index is 1320. The molecule has 35 heavy (non-hydrogen) atoms. The standard InChI is InChI=1S/C29H28O6/c1-5-6-19-13-22-17(2)28(35-29(22)27(15-19)34-4)20-9-10-21(26(16-20)33-3)23(30)11-7-18-8-12-24(31)25(32)14-18/h5-17,28,31-32H,1-4H3/b6-5+,11-7+. The maximum atomic E-state index is 12.9. The van der Waals surface area contributed by atoms with E-state index in [-0.39, 0.29) is 29.3 Å². The molecule has 1 aliphatic heterocycles. The zero-order valence-corrected chi connectivity index (χ0v) is 20.1. The summed E-state index contributed by atoms with van der Waals surface area (Å²) in [6.45, 7) is 4.08. The topological polar surface area (TPSA) is 85.2 Å². The molecule has 1 heterocycles. The molecule has 2 N–H and O–H groups in total. The van der Waals surface area contributed by atoms with Crippen LogP contribution in [0.25, 0.3) is 12.2 Å². The smallest absolute Gasteiger partial charge is 0.189 e. The Kier molecular flexibility index (Phi) is 6.82. The summed E-state index contributed by atoms with van der Waals surface area (Å²) in [7, 11) is 3.16. The number of phenolic OH excluding ortho intramolecular Hbond substituents is 2. The van der Waals surface area contributed by atoms with E-state index in [1.54, 1.807) is 25.3 Å². The highest BCUT2D eigenvalue weighted by molar-refractivity contribution is 6.08. The van der Waals surface area contributed by atoms with E-state index in [1.165, 1.54) is 25.3 Å². The molecule has 180 valence electrons. The lowest BCUT2D eigenvalue weighted by Gasteiger charge is -2.18. The predicted octanol–water partition coefficient (Wildman–Crippen LogP) is 6.28. The molecular weight excluding hydrogens is 444 g/mol. The van der Waals surface area contributed by atoms with E-state index >= 15 is 0 Å². The molecule has 0 amide bonds. The Labute approximate surface area is 204 Å². The van der Waals surface area contributed by atoms with Crippen LogP contribution in [-0.4, -0.2) is 30.2 Å². The van der Waals surface area contributed by atoms with Gasteiger partial charge in [-0.25, -0.2) is 0 Å². The zero-order chi connectivity index (χ0) is 25.1. The van der Waals surface area contributed by atoms with Crippen LogP contribution in [0.15, 0.2) is 60.7 Å². The van der Waals surface area contributed by atoms with E-state index in [0.29, 0.717) is 22.6 Å². The number of carbonyl (C=O) groups excluding carboxylic acids is 1. The van der Waals surface area contributed by atoms with Crippen LogP contribution in [0.5, 0.6) is 28.7 Å². The van der Waals surface area contributed by atoms with Crippen LogP contribution in [-0.2, 0) is 0 Å². The van der Waals surface area contributed by atoms with E-state index in [4.69, 9.17) is 14.2 Å². The Balaban J connectivity index is 1.61. The molecule has 3 aromatic rings. The van der Waals surface area contributed by atoms with Crippen molar-refractivity contribution in [1.82, 2.24) is 0 Å². The molecule has 3 aromatic carbocycles. The van der Waals surface area contributed by atoms with E-state index in [9.17, 15) is 15.0 Å². The van der Waals surface area contributed by atoms with Crippen molar-refractivity contribution in [2.45, 2.75) is 25.9 Å². The molecule has 4 rings (SSSR count). The first kappa shape index (κ1) is 24.0. The predicted molar refractivity (Wildman–Crippen MR) is 136 cm³/mol. The molecule has 6 nitrogen and oxygen atoms in total. The van der Waals surface area contributed by atoms with Gasteiger partial charge in [0.25, 0.3) is 0 Å². The van der Waals surface area contributed by atoms with Gasteiger partial charge in [-0.2, -0.15) is 0 Å². The summed E-state index contributed by atoms with van der Waals surface area (Å²) in [5, 5.41) is 19.1. The van der Waals surface area contributed by atoms with E-state index in [1.807, 2.05) is 37.3 Å². The van der Waals surface area contributed by atoms with Gasteiger partial charge < -0.3 is 24.4 Å². The number of ketones is 1. The molecule has 0 saturated carbocycles. The van der Waals surface area contributed by atoms with Crippen LogP contribution in [0.3, 0.4) is 0 Å². The van der Waals surface area contributed by atoms with Crippen LogP contribution in [0.1, 0.15) is 58.5 Å². The fourth-order valence-electron chi connectivity index (χ4n) is 4.29. The van der Waals surface area contributed by atoms with Crippen LogP contribution >= 0.6 is 0 Å². The van der Waals surface area contributed by atoms with Crippen LogP contribution in [0.4, 0.5) is 0 Å². The third-order valence-electron chi connectivity index (χ3n) is 6.12. The van der Waals surface area contributed by atoms with Gasteiger partial charge in [0.15, 0.2) is 28.8 Å². The molecule has 0 saturated heterocycles. The molecule has 2 atom stereocenters. The lowest BCUT2D eigenvalue weighted by atomic mass is 9.91. The molecule has 0 aromatic heterocycles. The minimum absolute atomic E-state index is 0.0671. The SMILES string of the molecule is C/C=C/c1cc(OC)c2c(c1)C(C)C(c1ccc(C(=O)/C=C/c3ccc(O)c(O)c3)c(OC)c1)O2. The van der Waals surface area contributed by atoms with Crippen LogP contribution in [0.2, 0.25) is 0 Å². The zero-order valence-electron chi connectivity index (χ0n) is 20.1. The lowest BCUT2D eigenvalue weighted by Crippen LogP contribution is -2.09. The van der Waals surface area contributed by atoms with Crippen molar-refractivity contribution >= 4 is 17.9 Å². The second-order valence-electron chi connectivity index (χ2n) is 8.37. The highest BCUT2D eigenvalue weighted by Crippen LogP contribution is 2.51. The number of fused-ring (bicyclic) bond motifs is 1. The summed E-state index contributed by atoms with van der Waals surface area (Å²) < 4.78 is 17.5. The highest BCUT2D eigenvalue weighted by Gasteiger charge is 2.35. The maximum Gasteiger partial charge on any atom is 0.189 e. The quantitative estimate of drug-likeness (QED) is 0.239. The van der Waals surface area contributed by atoms with Gasteiger partial charge in [0.2, 0.25) is 0 Å². The van der Waals surface area contributed by atoms with E-state index in [0.717, 1.165) is 22.4 Å². The Morgan fingerprint density at radius 1 is 0.914 bits per heavy atom. The lowest BCUT2D eigenvalue weighted by molar-refractivity contribution is 0.104. The third kappa shape index (κ3) is 4.73. The van der Waals surface area contributed by atoms with Crippen LogP contribution < -0.4 is 14.2 Å². The van der Waals surface area contributed by atoms with Gasteiger partial charge >= 0.3 is 0 Å². The molecule has 1 aliphatic rings. The normalized spacial score (nSPS) is 16.9. The van der Waals surface area contributed by atoms with Gasteiger partial charge in [0, 0.05) is 11.5 Å². The van der Waals surface area contributed by atoms with Crippen molar-refractivity contribution in [1.29, 1.82) is 0 Å². The van der Waals surface area contributed by atoms with Gasteiger partial charge in [-0.05, 0) is 66.1 Å². The monoisotopic (exact) mass is 472 g/mol. The van der Waals surface area contributed by atoms with Gasteiger partial charge in [-0.15, -0.1) is 0 Å². The minimum atomic E-state index is -0.256. The van der Waals surface area contributed by atoms with Crippen molar-refractivity contribution in [3.8, 4) is 28.7 Å². The van der Waals surface area contributed by atoms with Gasteiger partial charge in [0.05, 0.1) is 19.8 Å². The van der Waals surface area contributed by atoms with Crippen molar-refractivity contribution in [3.63, 3.8) is 0 Å². The second kappa shape index (κ2) is 9.97. The number of carbonyl (C=O) groups is 1. The first-order chi connectivity index (χ1) is 16.9.